The van der Waals surface area contributed by atoms with E-state index in [0.717, 1.165) is 29.9 Å². The largest absolute Gasteiger partial charge is 0.493 e. The van der Waals surface area contributed by atoms with Gasteiger partial charge in [-0.15, -0.1) is 12.4 Å². The number of nitrogens with one attached hydrogen (secondary N) is 1. The average Bonchev–Trinajstić information content (AvgIpc) is 2.39. The molecule has 1 atom stereocenters. The molecule has 0 aliphatic carbocycles. The molecule has 0 bridgehead atoms. The van der Waals surface area contributed by atoms with Crippen LogP contribution >= 0.6 is 28.3 Å². The van der Waals surface area contributed by atoms with Crippen LogP contribution in [0.25, 0.3) is 0 Å². The Labute approximate surface area is 134 Å². The van der Waals surface area contributed by atoms with Gasteiger partial charge < -0.3 is 15.0 Å². The van der Waals surface area contributed by atoms with Crippen LogP contribution in [0.2, 0.25) is 0 Å². The first-order valence-electron chi connectivity index (χ1n) is 6.55. The number of nitrogens with zero attached hydrogens (tertiary/aromatic N) is 1. The third kappa shape index (κ3) is 4.96. The van der Waals surface area contributed by atoms with Crippen LogP contribution in [0.4, 0.5) is 0 Å². The molecule has 1 aliphatic rings. The lowest BCUT2D eigenvalue weighted by Gasteiger charge is -2.34. The fourth-order valence-corrected chi connectivity index (χ4v) is 2.55. The molecule has 1 aliphatic heterocycles. The Morgan fingerprint density at radius 2 is 2.35 bits per heavy atom. The van der Waals surface area contributed by atoms with Crippen LogP contribution in [0.5, 0.6) is 5.75 Å². The minimum absolute atomic E-state index is 0. The molecule has 1 N–H and O–H groups in total. The van der Waals surface area contributed by atoms with Gasteiger partial charge in [0, 0.05) is 30.1 Å². The van der Waals surface area contributed by atoms with Crippen molar-refractivity contribution in [2.45, 2.75) is 19.4 Å². The molecule has 2 rings (SSSR count). The van der Waals surface area contributed by atoms with E-state index in [9.17, 15) is 4.79 Å². The number of halogens is 2. The zero-order valence-corrected chi connectivity index (χ0v) is 13.9. The molecule has 0 saturated carbocycles. The average molecular weight is 364 g/mol. The summed E-state index contributed by atoms with van der Waals surface area (Å²) in [7, 11) is 0. The first-order chi connectivity index (χ1) is 9.16. The molecule has 1 aromatic carbocycles. The van der Waals surface area contributed by atoms with Gasteiger partial charge in [0.1, 0.15) is 5.75 Å². The van der Waals surface area contributed by atoms with Gasteiger partial charge in [0.05, 0.1) is 13.0 Å². The van der Waals surface area contributed by atoms with Crippen LogP contribution in [0.1, 0.15) is 13.3 Å². The second-order valence-corrected chi connectivity index (χ2v) is 5.61. The minimum atomic E-state index is 0. The van der Waals surface area contributed by atoms with Crippen LogP contribution in [0, 0.1) is 0 Å². The molecule has 6 heteroatoms. The Kier molecular flexibility index (Phi) is 7.34. The molecular formula is C14H20BrClN2O2. The highest BCUT2D eigenvalue weighted by Gasteiger charge is 2.22. The number of hydrogen-bond acceptors (Lipinski definition) is 3. The maximum absolute atomic E-state index is 12.1. The van der Waals surface area contributed by atoms with E-state index in [0.29, 0.717) is 13.0 Å². The number of carbonyl (C=O) groups excluding carboxylic acids is 1. The number of piperazine rings is 1. The van der Waals surface area contributed by atoms with Crippen LogP contribution in [0.15, 0.2) is 28.7 Å². The highest BCUT2D eigenvalue weighted by Crippen LogP contribution is 2.18. The second kappa shape index (κ2) is 8.49. The van der Waals surface area contributed by atoms with Crippen molar-refractivity contribution in [1.82, 2.24) is 10.2 Å². The van der Waals surface area contributed by atoms with E-state index in [4.69, 9.17) is 4.74 Å². The van der Waals surface area contributed by atoms with Gasteiger partial charge in [-0.2, -0.15) is 0 Å². The van der Waals surface area contributed by atoms with E-state index in [1.54, 1.807) is 0 Å². The van der Waals surface area contributed by atoms with Gasteiger partial charge in [0.15, 0.2) is 0 Å². The van der Waals surface area contributed by atoms with Crippen molar-refractivity contribution in [1.29, 1.82) is 0 Å². The van der Waals surface area contributed by atoms with E-state index in [2.05, 4.69) is 28.2 Å². The Bertz CT molecular complexity index is 445. The van der Waals surface area contributed by atoms with Crippen LogP contribution in [-0.2, 0) is 4.79 Å². The third-order valence-corrected chi connectivity index (χ3v) is 3.70. The van der Waals surface area contributed by atoms with E-state index in [1.807, 2.05) is 29.2 Å². The summed E-state index contributed by atoms with van der Waals surface area (Å²) in [5, 5.41) is 3.28. The smallest absolute Gasteiger partial charge is 0.226 e. The quantitative estimate of drug-likeness (QED) is 0.893. The fraction of sp³-hybridized carbons (Fsp3) is 0.500. The summed E-state index contributed by atoms with van der Waals surface area (Å²) in [4.78, 5) is 14.0. The van der Waals surface area contributed by atoms with Crippen molar-refractivity contribution < 1.29 is 9.53 Å². The van der Waals surface area contributed by atoms with Gasteiger partial charge in [-0.1, -0.05) is 22.0 Å². The number of benzene rings is 1. The Morgan fingerprint density at radius 1 is 1.55 bits per heavy atom. The van der Waals surface area contributed by atoms with Gasteiger partial charge in [0.2, 0.25) is 5.91 Å². The van der Waals surface area contributed by atoms with E-state index in [-0.39, 0.29) is 24.4 Å². The molecule has 0 spiro atoms. The number of carbonyl (C=O) groups is 1. The zero-order valence-electron chi connectivity index (χ0n) is 11.5. The fourth-order valence-electron chi connectivity index (χ4n) is 2.17. The highest BCUT2D eigenvalue weighted by molar-refractivity contribution is 9.10. The molecule has 0 unspecified atom stereocenters. The van der Waals surface area contributed by atoms with E-state index < -0.39 is 0 Å². The summed E-state index contributed by atoms with van der Waals surface area (Å²) in [5.41, 5.74) is 0. The molecule has 4 nitrogen and oxygen atoms in total. The summed E-state index contributed by atoms with van der Waals surface area (Å²) in [6.45, 7) is 5.03. The Hall–Kier alpha value is -0.780. The first-order valence-corrected chi connectivity index (χ1v) is 7.34. The van der Waals surface area contributed by atoms with Gasteiger partial charge in [-0.25, -0.2) is 0 Å². The summed E-state index contributed by atoms with van der Waals surface area (Å²) >= 11 is 3.39. The number of amides is 1. The standard InChI is InChI=1S/C14H19BrN2O2.ClH/c1-11-10-16-6-7-17(11)14(18)5-8-19-13-4-2-3-12(15)9-13;/h2-4,9,11,16H,5-8,10H2,1H3;1H/t11-;/m1./s1. The van der Waals surface area contributed by atoms with Crippen molar-refractivity contribution in [3.63, 3.8) is 0 Å². The maximum atomic E-state index is 12.1. The van der Waals surface area contributed by atoms with Crippen molar-refractivity contribution in [3.8, 4) is 5.75 Å². The second-order valence-electron chi connectivity index (χ2n) is 4.70. The lowest BCUT2D eigenvalue weighted by molar-refractivity contribution is -0.134. The monoisotopic (exact) mass is 362 g/mol. The summed E-state index contributed by atoms with van der Waals surface area (Å²) in [6, 6.07) is 7.92. The van der Waals surface area contributed by atoms with Gasteiger partial charge >= 0.3 is 0 Å². The van der Waals surface area contributed by atoms with Crippen LogP contribution < -0.4 is 10.1 Å². The predicted molar refractivity (Wildman–Crippen MR) is 85.5 cm³/mol. The van der Waals surface area contributed by atoms with Gasteiger partial charge in [0.25, 0.3) is 0 Å². The molecule has 1 amide bonds. The summed E-state index contributed by atoms with van der Waals surface area (Å²) in [6.07, 6.45) is 0.427. The number of rotatable bonds is 4. The van der Waals surface area contributed by atoms with Crippen molar-refractivity contribution in [2.75, 3.05) is 26.2 Å². The van der Waals surface area contributed by atoms with Gasteiger partial charge in [-0.05, 0) is 25.1 Å². The zero-order chi connectivity index (χ0) is 13.7. The van der Waals surface area contributed by atoms with Crippen LogP contribution in [0.3, 0.4) is 0 Å². The molecule has 1 fully saturated rings. The van der Waals surface area contributed by atoms with Crippen molar-refractivity contribution >= 4 is 34.2 Å². The molecule has 1 aromatic rings. The summed E-state index contributed by atoms with van der Waals surface area (Å²) in [5.74, 6) is 0.958. The van der Waals surface area contributed by atoms with Crippen molar-refractivity contribution in [3.05, 3.63) is 28.7 Å². The molecule has 1 saturated heterocycles. The summed E-state index contributed by atoms with van der Waals surface area (Å²) < 4.78 is 6.57. The third-order valence-electron chi connectivity index (χ3n) is 3.20. The van der Waals surface area contributed by atoms with E-state index >= 15 is 0 Å². The molecule has 112 valence electrons. The SMILES string of the molecule is C[C@@H]1CNCCN1C(=O)CCOc1cccc(Br)c1.Cl. The Balaban J connectivity index is 0.00000200. The number of hydrogen-bond donors (Lipinski definition) is 1. The molecule has 0 radical (unpaired) electrons. The number of ether oxygens (including phenoxy) is 1. The lowest BCUT2D eigenvalue weighted by atomic mass is 10.2. The minimum Gasteiger partial charge on any atom is -0.493 e. The van der Waals surface area contributed by atoms with E-state index in [1.165, 1.54) is 0 Å². The predicted octanol–water partition coefficient (Wildman–Crippen LogP) is 2.46. The van der Waals surface area contributed by atoms with Crippen molar-refractivity contribution in [2.24, 2.45) is 0 Å². The molecular weight excluding hydrogens is 344 g/mol. The molecule has 20 heavy (non-hydrogen) atoms. The van der Waals surface area contributed by atoms with Gasteiger partial charge in [-0.3, -0.25) is 4.79 Å². The first kappa shape index (κ1) is 17.3. The molecule has 0 aromatic heterocycles. The maximum Gasteiger partial charge on any atom is 0.226 e. The molecule has 1 heterocycles. The Morgan fingerprint density at radius 3 is 3.05 bits per heavy atom. The lowest BCUT2D eigenvalue weighted by Crippen LogP contribution is -2.52. The highest BCUT2D eigenvalue weighted by atomic mass is 79.9. The topological polar surface area (TPSA) is 41.6 Å². The normalized spacial score (nSPS) is 18.3. The van der Waals surface area contributed by atoms with Crippen LogP contribution in [-0.4, -0.2) is 43.1 Å².